The summed E-state index contributed by atoms with van der Waals surface area (Å²) in [6.45, 7) is 4.35. The van der Waals surface area contributed by atoms with E-state index >= 15 is 0 Å². The van der Waals surface area contributed by atoms with E-state index in [1.54, 1.807) is 14.2 Å². The van der Waals surface area contributed by atoms with Gasteiger partial charge in [0.25, 0.3) is 0 Å². The first-order valence-corrected chi connectivity index (χ1v) is 6.80. The summed E-state index contributed by atoms with van der Waals surface area (Å²) in [7, 11) is 3.40. The van der Waals surface area contributed by atoms with Crippen LogP contribution in [0.15, 0.2) is 24.3 Å². The van der Waals surface area contributed by atoms with Gasteiger partial charge in [-0.15, -0.1) is 0 Å². The molecule has 1 aliphatic rings. The lowest BCUT2D eigenvalue weighted by atomic mass is 10.1. The number of benzene rings is 1. The molecule has 1 aliphatic heterocycles. The van der Waals surface area contributed by atoms with Crippen molar-refractivity contribution in [3.63, 3.8) is 0 Å². The quantitative estimate of drug-likeness (QED) is 0.824. The average Bonchev–Trinajstić information content (AvgIpc) is 2.73. The Kier molecular flexibility index (Phi) is 5.79. The lowest BCUT2D eigenvalue weighted by Gasteiger charge is -2.32. The Morgan fingerprint density at radius 3 is 2.65 bits per heavy atom. The van der Waals surface area contributed by atoms with Crippen LogP contribution in [0.2, 0.25) is 0 Å². The molecule has 0 aliphatic carbocycles. The third-order valence-corrected chi connectivity index (χ3v) is 3.64. The predicted octanol–water partition coefficient (Wildman–Crippen LogP) is 1.86. The van der Waals surface area contributed by atoms with Gasteiger partial charge in [-0.2, -0.15) is 0 Å². The molecule has 0 aromatic heterocycles. The van der Waals surface area contributed by atoms with Crippen molar-refractivity contribution in [1.29, 1.82) is 0 Å². The molecule has 0 N–H and O–H groups in total. The summed E-state index contributed by atoms with van der Waals surface area (Å²) in [5, 5.41) is 0. The van der Waals surface area contributed by atoms with Crippen molar-refractivity contribution in [2.24, 2.45) is 0 Å². The lowest BCUT2D eigenvalue weighted by molar-refractivity contribution is -0.0495. The van der Waals surface area contributed by atoms with Gasteiger partial charge in [0.05, 0.1) is 25.9 Å². The SMILES string of the molecule is COc1ccc(CN2COCOC[C@@H]2[C@@H](C)OC)cc1. The Balaban J connectivity index is 2.05. The standard InChI is InChI=1S/C15H23NO4/c1-12(17-2)15-9-19-11-20-10-16(15)8-13-4-6-14(18-3)7-5-13/h4-7,12,15H,8-11H2,1-3H3/t12-,15-/m1/s1. The summed E-state index contributed by atoms with van der Waals surface area (Å²) >= 11 is 0. The molecule has 0 bridgehead atoms. The van der Waals surface area contributed by atoms with Gasteiger partial charge in [0.2, 0.25) is 0 Å². The van der Waals surface area contributed by atoms with Crippen molar-refractivity contribution in [3.8, 4) is 5.75 Å². The van der Waals surface area contributed by atoms with Crippen LogP contribution in [0.5, 0.6) is 5.75 Å². The molecular weight excluding hydrogens is 258 g/mol. The normalized spacial score (nSPS) is 22.2. The zero-order valence-electron chi connectivity index (χ0n) is 12.4. The molecule has 2 rings (SSSR count). The van der Waals surface area contributed by atoms with Gasteiger partial charge < -0.3 is 18.9 Å². The zero-order chi connectivity index (χ0) is 14.4. The number of hydrogen-bond donors (Lipinski definition) is 0. The van der Waals surface area contributed by atoms with Gasteiger partial charge in [0.15, 0.2) is 0 Å². The van der Waals surface area contributed by atoms with E-state index in [9.17, 15) is 0 Å². The minimum atomic E-state index is 0.0925. The third-order valence-electron chi connectivity index (χ3n) is 3.64. The van der Waals surface area contributed by atoms with Crippen LogP contribution in [0, 0.1) is 0 Å². The van der Waals surface area contributed by atoms with E-state index in [-0.39, 0.29) is 12.1 Å². The number of nitrogens with zero attached hydrogens (tertiary/aromatic N) is 1. The van der Waals surface area contributed by atoms with E-state index in [2.05, 4.69) is 24.0 Å². The fourth-order valence-corrected chi connectivity index (χ4v) is 2.30. The molecule has 0 amide bonds. The number of ether oxygens (including phenoxy) is 4. The molecule has 20 heavy (non-hydrogen) atoms. The highest BCUT2D eigenvalue weighted by molar-refractivity contribution is 5.27. The van der Waals surface area contributed by atoms with E-state index < -0.39 is 0 Å². The van der Waals surface area contributed by atoms with Crippen LogP contribution >= 0.6 is 0 Å². The Morgan fingerprint density at radius 1 is 1.25 bits per heavy atom. The van der Waals surface area contributed by atoms with Gasteiger partial charge >= 0.3 is 0 Å². The summed E-state index contributed by atoms with van der Waals surface area (Å²) in [6, 6.07) is 8.26. The second-order valence-electron chi connectivity index (χ2n) is 4.92. The molecule has 1 aromatic rings. The Labute approximate surface area is 120 Å². The largest absolute Gasteiger partial charge is 0.497 e. The van der Waals surface area contributed by atoms with Crippen LogP contribution < -0.4 is 4.74 Å². The lowest BCUT2D eigenvalue weighted by Crippen LogP contribution is -2.45. The highest BCUT2D eigenvalue weighted by atomic mass is 16.7. The molecule has 1 heterocycles. The highest BCUT2D eigenvalue weighted by Crippen LogP contribution is 2.18. The summed E-state index contributed by atoms with van der Waals surface area (Å²) in [5.74, 6) is 0.867. The second-order valence-corrected chi connectivity index (χ2v) is 4.92. The molecule has 0 saturated carbocycles. The van der Waals surface area contributed by atoms with Gasteiger partial charge in [0.1, 0.15) is 19.3 Å². The van der Waals surface area contributed by atoms with E-state index in [0.717, 1.165) is 12.3 Å². The van der Waals surface area contributed by atoms with Crippen molar-refractivity contribution < 1.29 is 18.9 Å². The fourth-order valence-electron chi connectivity index (χ4n) is 2.30. The van der Waals surface area contributed by atoms with Crippen molar-refractivity contribution in [2.75, 3.05) is 34.4 Å². The Morgan fingerprint density at radius 2 is 2.00 bits per heavy atom. The van der Waals surface area contributed by atoms with Gasteiger partial charge in [-0.1, -0.05) is 12.1 Å². The molecule has 5 nitrogen and oxygen atoms in total. The molecule has 112 valence electrons. The topological polar surface area (TPSA) is 40.2 Å². The van der Waals surface area contributed by atoms with Gasteiger partial charge in [-0.3, -0.25) is 4.90 Å². The van der Waals surface area contributed by atoms with Crippen LogP contribution in [0.1, 0.15) is 12.5 Å². The second kappa shape index (κ2) is 7.59. The van der Waals surface area contributed by atoms with E-state index in [0.29, 0.717) is 20.1 Å². The van der Waals surface area contributed by atoms with E-state index in [4.69, 9.17) is 18.9 Å². The summed E-state index contributed by atoms with van der Waals surface area (Å²) < 4.78 is 21.6. The minimum absolute atomic E-state index is 0.0925. The third kappa shape index (κ3) is 3.93. The number of hydrogen-bond acceptors (Lipinski definition) is 5. The molecule has 1 aromatic carbocycles. The van der Waals surface area contributed by atoms with E-state index in [1.165, 1.54) is 5.56 Å². The average molecular weight is 281 g/mol. The summed E-state index contributed by atoms with van der Waals surface area (Å²) in [5.41, 5.74) is 1.21. The number of rotatable bonds is 5. The maximum Gasteiger partial charge on any atom is 0.148 e. The van der Waals surface area contributed by atoms with Crippen LogP contribution in [-0.4, -0.2) is 51.4 Å². The first-order valence-electron chi connectivity index (χ1n) is 6.80. The maximum absolute atomic E-state index is 5.47. The van der Waals surface area contributed by atoms with Gasteiger partial charge in [0, 0.05) is 13.7 Å². The summed E-state index contributed by atoms with van der Waals surface area (Å²) in [6.07, 6.45) is 0.0925. The van der Waals surface area contributed by atoms with Crippen molar-refractivity contribution in [1.82, 2.24) is 4.90 Å². The molecule has 0 radical (unpaired) electrons. The highest BCUT2D eigenvalue weighted by Gasteiger charge is 2.27. The van der Waals surface area contributed by atoms with Crippen LogP contribution in [0.4, 0.5) is 0 Å². The predicted molar refractivity (Wildman–Crippen MR) is 75.6 cm³/mol. The number of methoxy groups -OCH3 is 2. The van der Waals surface area contributed by atoms with Crippen LogP contribution in [-0.2, 0) is 20.8 Å². The summed E-state index contributed by atoms with van der Waals surface area (Å²) in [4.78, 5) is 2.24. The fraction of sp³-hybridized carbons (Fsp3) is 0.600. The van der Waals surface area contributed by atoms with Crippen LogP contribution in [0.25, 0.3) is 0 Å². The van der Waals surface area contributed by atoms with Crippen molar-refractivity contribution in [2.45, 2.75) is 25.6 Å². The Hall–Kier alpha value is -1.14. The maximum atomic E-state index is 5.47. The first-order chi connectivity index (χ1) is 9.74. The van der Waals surface area contributed by atoms with Crippen molar-refractivity contribution >= 4 is 0 Å². The molecule has 0 spiro atoms. The van der Waals surface area contributed by atoms with Gasteiger partial charge in [-0.25, -0.2) is 0 Å². The molecule has 0 unspecified atom stereocenters. The van der Waals surface area contributed by atoms with Gasteiger partial charge in [-0.05, 0) is 24.6 Å². The molecule has 5 heteroatoms. The molecule has 1 saturated heterocycles. The molecular formula is C15H23NO4. The minimum Gasteiger partial charge on any atom is -0.497 e. The Bertz CT molecular complexity index is 395. The van der Waals surface area contributed by atoms with Crippen LogP contribution in [0.3, 0.4) is 0 Å². The molecule has 2 atom stereocenters. The first kappa shape index (κ1) is 15.3. The zero-order valence-corrected chi connectivity index (χ0v) is 12.4. The monoisotopic (exact) mass is 281 g/mol. The molecule has 1 fully saturated rings. The van der Waals surface area contributed by atoms with Crippen molar-refractivity contribution in [3.05, 3.63) is 29.8 Å². The smallest absolute Gasteiger partial charge is 0.148 e. The van der Waals surface area contributed by atoms with E-state index in [1.807, 2.05) is 12.1 Å².